The normalized spacial score (nSPS) is 13.8. The quantitative estimate of drug-likeness (QED) is 0.560. The maximum Gasteiger partial charge on any atom is 0.274 e. The molecule has 0 fully saturated rings. The summed E-state index contributed by atoms with van der Waals surface area (Å²) in [6.07, 6.45) is 4.65. The highest BCUT2D eigenvalue weighted by molar-refractivity contribution is 6.04. The molecule has 0 atom stereocenters. The molecule has 0 spiro atoms. The summed E-state index contributed by atoms with van der Waals surface area (Å²) in [7, 11) is 1.63. The number of nitrogens with one attached hydrogen (secondary N) is 1. The lowest BCUT2D eigenvalue weighted by Crippen LogP contribution is -2.13. The first kappa shape index (κ1) is 17.7. The van der Waals surface area contributed by atoms with Gasteiger partial charge in [-0.1, -0.05) is 12.5 Å². The summed E-state index contributed by atoms with van der Waals surface area (Å²) < 4.78 is 7.55. The van der Waals surface area contributed by atoms with Crippen molar-refractivity contribution in [3.8, 4) is 5.75 Å². The smallest absolute Gasteiger partial charge is 0.274 e. The summed E-state index contributed by atoms with van der Waals surface area (Å²) in [4.78, 5) is 22.0. The Morgan fingerprint density at radius 2 is 1.93 bits per heavy atom. The van der Waals surface area contributed by atoms with Crippen LogP contribution in [0.4, 0.5) is 5.69 Å². The van der Waals surface area contributed by atoms with Crippen molar-refractivity contribution >= 4 is 33.5 Å². The van der Waals surface area contributed by atoms with E-state index in [1.807, 2.05) is 42.5 Å². The molecule has 4 aromatic rings. The van der Waals surface area contributed by atoms with Gasteiger partial charge in [0.15, 0.2) is 0 Å². The van der Waals surface area contributed by atoms with Gasteiger partial charge in [-0.2, -0.15) is 0 Å². The monoisotopic (exact) mass is 386 g/mol. The van der Waals surface area contributed by atoms with Gasteiger partial charge in [0, 0.05) is 24.0 Å². The molecule has 6 nitrogen and oxygen atoms in total. The molecule has 0 saturated heterocycles. The van der Waals surface area contributed by atoms with Gasteiger partial charge in [-0.25, -0.2) is 9.97 Å². The Kier molecular flexibility index (Phi) is 4.39. The molecule has 1 aliphatic rings. The molecular formula is C23H22N4O2. The number of aryl methyl sites for hydroxylation is 2. The number of nitrogens with zero attached hydrogens (tertiary/aromatic N) is 3. The SMILES string of the molecule is COc1ccc2nc(C(=O)Nc3ccc4c(c3)nc3n4CCCCC3)ccc2c1. The van der Waals surface area contributed by atoms with E-state index in [9.17, 15) is 4.79 Å². The number of hydrogen-bond donors (Lipinski definition) is 1. The summed E-state index contributed by atoms with van der Waals surface area (Å²) in [5, 5.41) is 3.89. The zero-order chi connectivity index (χ0) is 19.8. The summed E-state index contributed by atoms with van der Waals surface area (Å²) in [5.74, 6) is 1.68. The number of anilines is 1. The highest BCUT2D eigenvalue weighted by atomic mass is 16.5. The van der Waals surface area contributed by atoms with E-state index in [0.29, 0.717) is 5.69 Å². The molecular weight excluding hydrogens is 364 g/mol. The zero-order valence-corrected chi connectivity index (χ0v) is 16.3. The van der Waals surface area contributed by atoms with Crippen molar-refractivity contribution in [3.05, 3.63) is 60.0 Å². The number of hydrogen-bond acceptors (Lipinski definition) is 4. The first-order valence-electron chi connectivity index (χ1n) is 9.96. The van der Waals surface area contributed by atoms with Crippen molar-refractivity contribution in [2.45, 2.75) is 32.2 Å². The highest BCUT2D eigenvalue weighted by Gasteiger charge is 2.15. The third-order valence-electron chi connectivity index (χ3n) is 5.50. The fourth-order valence-electron chi connectivity index (χ4n) is 3.98. The van der Waals surface area contributed by atoms with Crippen LogP contribution in [0.1, 0.15) is 35.6 Å². The van der Waals surface area contributed by atoms with Crippen LogP contribution >= 0.6 is 0 Å². The summed E-state index contributed by atoms with van der Waals surface area (Å²) in [6, 6.07) is 15.1. The number of amides is 1. The predicted molar refractivity (Wildman–Crippen MR) is 114 cm³/mol. The van der Waals surface area contributed by atoms with E-state index in [1.165, 1.54) is 19.3 Å². The summed E-state index contributed by atoms with van der Waals surface area (Å²) >= 11 is 0. The Hall–Kier alpha value is -3.41. The molecule has 6 heteroatoms. The van der Waals surface area contributed by atoms with E-state index in [2.05, 4.69) is 14.9 Å². The predicted octanol–water partition coefficient (Wildman–Crippen LogP) is 4.57. The molecule has 0 radical (unpaired) electrons. The van der Waals surface area contributed by atoms with Crippen LogP contribution in [0.25, 0.3) is 21.9 Å². The molecule has 3 heterocycles. The highest BCUT2D eigenvalue weighted by Crippen LogP contribution is 2.25. The topological polar surface area (TPSA) is 69.0 Å². The molecule has 1 aliphatic heterocycles. The third-order valence-corrected chi connectivity index (χ3v) is 5.50. The Morgan fingerprint density at radius 1 is 1.00 bits per heavy atom. The second-order valence-corrected chi connectivity index (χ2v) is 7.40. The molecule has 146 valence electrons. The van der Waals surface area contributed by atoms with E-state index in [4.69, 9.17) is 9.72 Å². The third kappa shape index (κ3) is 3.31. The van der Waals surface area contributed by atoms with Crippen LogP contribution in [0.3, 0.4) is 0 Å². The van der Waals surface area contributed by atoms with Gasteiger partial charge in [0.05, 0.1) is 23.7 Å². The molecule has 0 bridgehead atoms. The Bertz CT molecular complexity index is 1230. The first-order valence-corrected chi connectivity index (χ1v) is 9.96. The van der Waals surface area contributed by atoms with Gasteiger partial charge >= 0.3 is 0 Å². The number of fused-ring (bicyclic) bond motifs is 4. The zero-order valence-electron chi connectivity index (χ0n) is 16.3. The maximum atomic E-state index is 12.7. The number of imidazole rings is 1. The number of benzene rings is 2. The molecule has 1 N–H and O–H groups in total. The molecule has 0 unspecified atom stereocenters. The number of pyridine rings is 1. The summed E-state index contributed by atoms with van der Waals surface area (Å²) in [6.45, 7) is 1.02. The van der Waals surface area contributed by atoms with Crippen molar-refractivity contribution in [1.29, 1.82) is 0 Å². The second kappa shape index (κ2) is 7.20. The number of methoxy groups -OCH3 is 1. The molecule has 0 aliphatic carbocycles. The van der Waals surface area contributed by atoms with Crippen LogP contribution in [0.2, 0.25) is 0 Å². The van der Waals surface area contributed by atoms with Crippen LogP contribution < -0.4 is 10.1 Å². The van der Waals surface area contributed by atoms with Crippen molar-refractivity contribution in [2.75, 3.05) is 12.4 Å². The Morgan fingerprint density at radius 3 is 2.83 bits per heavy atom. The molecule has 29 heavy (non-hydrogen) atoms. The van der Waals surface area contributed by atoms with E-state index in [0.717, 1.165) is 52.2 Å². The lowest BCUT2D eigenvalue weighted by atomic mass is 10.2. The number of aromatic nitrogens is 3. The first-order chi connectivity index (χ1) is 14.2. The van der Waals surface area contributed by atoms with E-state index < -0.39 is 0 Å². The fourth-order valence-corrected chi connectivity index (χ4v) is 3.98. The van der Waals surface area contributed by atoms with Crippen molar-refractivity contribution < 1.29 is 9.53 Å². The minimum atomic E-state index is -0.233. The molecule has 2 aromatic carbocycles. The van der Waals surface area contributed by atoms with Crippen molar-refractivity contribution in [2.24, 2.45) is 0 Å². The number of carbonyl (C=O) groups excluding carboxylic acids is 1. The Labute approximate surface area is 168 Å². The van der Waals surface area contributed by atoms with Crippen LogP contribution in [0, 0.1) is 0 Å². The average molecular weight is 386 g/mol. The van der Waals surface area contributed by atoms with Crippen LogP contribution in [-0.4, -0.2) is 27.6 Å². The summed E-state index contributed by atoms with van der Waals surface area (Å²) in [5.41, 5.74) is 3.93. The number of ether oxygens (including phenoxy) is 1. The van der Waals surface area contributed by atoms with Crippen LogP contribution in [-0.2, 0) is 13.0 Å². The molecule has 1 amide bonds. The van der Waals surface area contributed by atoms with Gasteiger partial charge in [0.2, 0.25) is 0 Å². The van der Waals surface area contributed by atoms with Gasteiger partial charge in [0.25, 0.3) is 5.91 Å². The van der Waals surface area contributed by atoms with E-state index >= 15 is 0 Å². The standard InChI is InChI=1S/C23H22N4O2/c1-29-17-8-10-18-15(13-17)6-9-19(25-18)23(28)24-16-7-11-21-20(14-16)26-22-5-3-2-4-12-27(21)22/h6-11,13-14H,2-5,12H2,1H3,(H,24,28). The largest absolute Gasteiger partial charge is 0.497 e. The van der Waals surface area contributed by atoms with Gasteiger partial charge in [-0.15, -0.1) is 0 Å². The maximum absolute atomic E-state index is 12.7. The van der Waals surface area contributed by atoms with Crippen molar-refractivity contribution in [3.63, 3.8) is 0 Å². The molecule has 0 saturated carbocycles. The van der Waals surface area contributed by atoms with Gasteiger partial charge in [-0.3, -0.25) is 4.79 Å². The van der Waals surface area contributed by atoms with Crippen molar-refractivity contribution in [1.82, 2.24) is 14.5 Å². The number of rotatable bonds is 3. The molecule has 2 aromatic heterocycles. The fraction of sp³-hybridized carbons (Fsp3) is 0.261. The average Bonchev–Trinajstić information content (AvgIpc) is 2.92. The van der Waals surface area contributed by atoms with Gasteiger partial charge in [0.1, 0.15) is 17.3 Å². The lowest BCUT2D eigenvalue weighted by molar-refractivity contribution is 0.102. The van der Waals surface area contributed by atoms with E-state index in [1.54, 1.807) is 13.2 Å². The van der Waals surface area contributed by atoms with Crippen LogP contribution in [0.15, 0.2) is 48.5 Å². The molecule has 5 rings (SSSR count). The minimum Gasteiger partial charge on any atom is -0.497 e. The van der Waals surface area contributed by atoms with Gasteiger partial charge in [-0.05, 0) is 55.3 Å². The minimum absolute atomic E-state index is 0.233. The number of carbonyl (C=O) groups is 1. The lowest BCUT2D eigenvalue weighted by Gasteiger charge is -2.07. The second-order valence-electron chi connectivity index (χ2n) is 7.40. The van der Waals surface area contributed by atoms with Gasteiger partial charge < -0.3 is 14.6 Å². The Balaban J connectivity index is 1.41. The van der Waals surface area contributed by atoms with Crippen LogP contribution in [0.5, 0.6) is 5.75 Å². The van der Waals surface area contributed by atoms with E-state index in [-0.39, 0.29) is 5.91 Å².